The van der Waals surface area contributed by atoms with E-state index in [9.17, 15) is 4.79 Å². The van der Waals surface area contributed by atoms with Crippen molar-refractivity contribution in [2.75, 3.05) is 7.05 Å². The summed E-state index contributed by atoms with van der Waals surface area (Å²) >= 11 is 1.61. The van der Waals surface area contributed by atoms with Gasteiger partial charge in [-0.2, -0.15) is 11.3 Å². The maximum absolute atomic E-state index is 11.5. The van der Waals surface area contributed by atoms with Crippen LogP contribution in [-0.4, -0.2) is 17.0 Å². The second-order valence-corrected chi connectivity index (χ2v) is 4.33. The number of hydrogen-bond donors (Lipinski definition) is 2. The van der Waals surface area contributed by atoms with Crippen LogP contribution in [0.25, 0.3) is 11.4 Å². The van der Waals surface area contributed by atoms with E-state index in [0.717, 1.165) is 16.8 Å². The molecule has 0 fully saturated rings. The van der Waals surface area contributed by atoms with Gasteiger partial charge >= 0.3 is 0 Å². The Morgan fingerprint density at radius 3 is 2.94 bits per heavy atom. The van der Waals surface area contributed by atoms with Gasteiger partial charge in [0.25, 0.3) is 5.56 Å². The van der Waals surface area contributed by atoms with Gasteiger partial charge in [0.15, 0.2) is 0 Å². The van der Waals surface area contributed by atoms with E-state index in [4.69, 9.17) is 0 Å². The number of H-pyrrole nitrogens is 1. The maximum atomic E-state index is 11.5. The Hall–Kier alpha value is -1.46. The number of nitrogens with zero attached hydrogens (tertiary/aromatic N) is 1. The molecule has 2 heterocycles. The van der Waals surface area contributed by atoms with Gasteiger partial charge in [-0.05, 0) is 24.9 Å². The van der Waals surface area contributed by atoms with Crippen LogP contribution in [-0.2, 0) is 6.54 Å². The number of thiophene rings is 1. The third-order valence-corrected chi connectivity index (χ3v) is 3.12. The lowest BCUT2D eigenvalue weighted by Gasteiger charge is -2.03. The minimum absolute atomic E-state index is 0.110. The van der Waals surface area contributed by atoms with Gasteiger partial charge in [-0.25, -0.2) is 4.98 Å². The summed E-state index contributed by atoms with van der Waals surface area (Å²) in [4.78, 5) is 18.6. The number of nitrogens with one attached hydrogen (secondary N) is 2. The first kappa shape index (κ1) is 11.0. The van der Waals surface area contributed by atoms with Gasteiger partial charge < -0.3 is 10.3 Å². The third kappa shape index (κ3) is 2.20. The summed E-state index contributed by atoms with van der Waals surface area (Å²) in [7, 11) is 1.83. The van der Waals surface area contributed by atoms with Crippen LogP contribution < -0.4 is 10.9 Å². The van der Waals surface area contributed by atoms with Crippen LogP contribution in [0, 0.1) is 6.92 Å². The third-order valence-electron chi connectivity index (χ3n) is 2.26. The first-order chi connectivity index (χ1) is 7.70. The molecule has 2 rings (SSSR count). The van der Waals surface area contributed by atoms with E-state index in [2.05, 4.69) is 15.3 Å². The van der Waals surface area contributed by atoms with Crippen molar-refractivity contribution in [3.63, 3.8) is 0 Å². The average molecular weight is 235 g/mol. The van der Waals surface area contributed by atoms with Gasteiger partial charge in [-0.1, -0.05) is 0 Å². The quantitative estimate of drug-likeness (QED) is 0.848. The summed E-state index contributed by atoms with van der Waals surface area (Å²) in [5.41, 5.74) is 2.78. The maximum Gasteiger partial charge on any atom is 0.251 e. The largest absolute Gasteiger partial charge is 0.314 e. The van der Waals surface area contributed by atoms with Crippen molar-refractivity contribution in [2.45, 2.75) is 13.5 Å². The van der Waals surface area contributed by atoms with Gasteiger partial charge in [0, 0.05) is 23.6 Å². The molecule has 5 heteroatoms. The lowest BCUT2D eigenvalue weighted by Crippen LogP contribution is -2.14. The monoisotopic (exact) mass is 235 g/mol. The molecule has 2 aromatic heterocycles. The Morgan fingerprint density at radius 1 is 1.50 bits per heavy atom. The number of aromatic amines is 1. The van der Waals surface area contributed by atoms with Crippen molar-refractivity contribution in [1.29, 1.82) is 0 Å². The first-order valence-corrected chi connectivity index (χ1v) is 5.93. The molecule has 0 atom stereocenters. The van der Waals surface area contributed by atoms with Crippen LogP contribution in [0.3, 0.4) is 0 Å². The van der Waals surface area contributed by atoms with Crippen LogP contribution in [0.15, 0.2) is 21.6 Å². The van der Waals surface area contributed by atoms with Crippen molar-refractivity contribution in [3.8, 4) is 11.4 Å². The summed E-state index contributed by atoms with van der Waals surface area (Å²) in [6.45, 7) is 2.61. The number of hydrogen-bond acceptors (Lipinski definition) is 4. The molecule has 2 N–H and O–H groups in total. The summed E-state index contributed by atoms with van der Waals surface area (Å²) in [5.74, 6) is 0.650. The molecule has 0 radical (unpaired) electrons. The Morgan fingerprint density at radius 2 is 2.31 bits per heavy atom. The first-order valence-electron chi connectivity index (χ1n) is 4.98. The van der Waals surface area contributed by atoms with E-state index in [1.807, 2.05) is 24.7 Å². The Kier molecular flexibility index (Phi) is 3.17. The molecular weight excluding hydrogens is 222 g/mol. The number of aromatic nitrogens is 2. The van der Waals surface area contributed by atoms with Crippen molar-refractivity contribution in [1.82, 2.24) is 15.3 Å². The molecule has 2 aromatic rings. The number of aryl methyl sites for hydroxylation is 1. The van der Waals surface area contributed by atoms with Crippen molar-refractivity contribution >= 4 is 11.3 Å². The molecule has 0 aliphatic heterocycles. The lowest BCUT2D eigenvalue weighted by atomic mass is 10.2. The zero-order valence-corrected chi connectivity index (χ0v) is 10.0. The van der Waals surface area contributed by atoms with E-state index in [1.165, 1.54) is 6.07 Å². The summed E-state index contributed by atoms with van der Waals surface area (Å²) in [5, 5.41) is 7.02. The van der Waals surface area contributed by atoms with E-state index in [1.54, 1.807) is 11.3 Å². The second-order valence-electron chi connectivity index (χ2n) is 3.58. The fourth-order valence-corrected chi connectivity index (χ4v) is 2.34. The van der Waals surface area contributed by atoms with Crippen LogP contribution in [0.5, 0.6) is 0 Å². The Bertz CT molecular complexity index is 544. The summed E-state index contributed by atoms with van der Waals surface area (Å²) in [6, 6.07) is 1.52. The van der Waals surface area contributed by atoms with Crippen LogP contribution >= 0.6 is 11.3 Å². The van der Waals surface area contributed by atoms with E-state index in [0.29, 0.717) is 12.4 Å². The van der Waals surface area contributed by atoms with Gasteiger partial charge in [0.1, 0.15) is 5.82 Å². The highest BCUT2D eigenvalue weighted by Gasteiger charge is 2.07. The Labute approximate surface area is 97.4 Å². The summed E-state index contributed by atoms with van der Waals surface area (Å²) in [6.07, 6.45) is 0. The molecule has 0 bridgehead atoms. The fraction of sp³-hybridized carbons (Fsp3) is 0.273. The molecule has 0 saturated heterocycles. The van der Waals surface area contributed by atoms with E-state index in [-0.39, 0.29) is 5.56 Å². The van der Waals surface area contributed by atoms with Crippen LogP contribution in [0.1, 0.15) is 11.3 Å². The van der Waals surface area contributed by atoms with E-state index < -0.39 is 0 Å². The highest BCUT2D eigenvalue weighted by atomic mass is 32.1. The Balaban J connectivity index is 2.49. The predicted molar refractivity (Wildman–Crippen MR) is 65.7 cm³/mol. The molecule has 84 valence electrons. The van der Waals surface area contributed by atoms with Crippen molar-refractivity contribution < 1.29 is 0 Å². The highest BCUT2D eigenvalue weighted by molar-refractivity contribution is 7.08. The second kappa shape index (κ2) is 4.59. The SMILES string of the molecule is CNCc1cc(=O)[nH]c(-c2cscc2C)n1. The highest BCUT2D eigenvalue weighted by Crippen LogP contribution is 2.22. The average Bonchev–Trinajstić information content (AvgIpc) is 2.64. The van der Waals surface area contributed by atoms with Crippen molar-refractivity contribution in [2.24, 2.45) is 0 Å². The molecular formula is C11H13N3OS. The molecule has 0 saturated carbocycles. The van der Waals surface area contributed by atoms with Crippen molar-refractivity contribution in [3.05, 3.63) is 38.4 Å². The van der Waals surface area contributed by atoms with Gasteiger partial charge in [0.2, 0.25) is 0 Å². The van der Waals surface area contributed by atoms with Gasteiger partial charge in [-0.15, -0.1) is 0 Å². The van der Waals surface area contributed by atoms with E-state index >= 15 is 0 Å². The minimum atomic E-state index is -0.110. The smallest absolute Gasteiger partial charge is 0.251 e. The molecule has 0 aromatic carbocycles. The molecule has 0 amide bonds. The summed E-state index contributed by atoms with van der Waals surface area (Å²) < 4.78 is 0. The zero-order chi connectivity index (χ0) is 11.5. The normalized spacial score (nSPS) is 10.6. The molecule has 0 unspecified atom stereocenters. The zero-order valence-electron chi connectivity index (χ0n) is 9.20. The van der Waals surface area contributed by atoms with Gasteiger partial charge in [0.05, 0.1) is 5.69 Å². The minimum Gasteiger partial charge on any atom is -0.314 e. The standard InChI is InChI=1S/C11H13N3OS/c1-7-5-16-6-9(7)11-13-8(4-12-2)3-10(15)14-11/h3,5-6,12H,4H2,1-2H3,(H,13,14,15). The molecule has 0 aliphatic rings. The molecule has 4 nitrogen and oxygen atoms in total. The fourth-order valence-electron chi connectivity index (χ4n) is 1.51. The molecule has 16 heavy (non-hydrogen) atoms. The molecule has 0 spiro atoms. The van der Waals surface area contributed by atoms with Crippen LogP contribution in [0.4, 0.5) is 0 Å². The van der Waals surface area contributed by atoms with Gasteiger partial charge in [-0.3, -0.25) is 4.79 Å². The molecule has 0 aliphatic carbocycles. The predicted octanol–water partition coefficient (Wildman–Crippen LogP) is 1.53. The number of rotatable bonds is 3. The lowest BCUT2D eigenvalue weighted by molar-refractivity contribution is 0.785. The topological polar surface area (TPSA) is 57.8 Å². The van der Waals surface area contributed by atoms with Crippen LogP contribution in [0.2, 0.25) is 0 Å².